The molecule has 0 spiro atoms. The van der Waals surface area contributed by atoms with Crippen molar-refractivity contribution < 1.29 is 4.74 Å². The Balaban J connectivity index is 2.04. The van der Waals surface area contributed by atoms with Gasteiger partial charge in [0, 0.05) is 12.1 Å². The molecule has 0 atom stereocenters. The Morgan fingerprint density at radius 1 is 1.47 bits per heavy atom. The molecule has 0 saturated heterocycles. The molecule has 0 aliphatic heterocycles. The molecule has 2 rings (SSSR count). The third-order valence-corrected chi connectivity index (χ3v) is 2.85. The summed E-state index contributed by atoms with van der Waals surface area (Å²) in [5, 5.41) is 4.15. The van der Waals surface area contributed by atoms with Crippen LogP contribution in [0.15, 0.2) is 30.6 Å². The van der Waals surface area contributed by atoms with Crippen molar-refractivity contribution in [1.82, 2.24) is 14.8 Å². The van der Waals surface area contributed by atoms with Crippen LogP contribution >= 0.6 is 12.2 Å². The Hall–Kier alpha value is -1.95. The van der Waals surface area contributed by atoms with Gasteiger partial charge in [0.25, 0.3) is 0 Å². The molecule has 0 aliphatic carbocycles. The van der Waals surface area contributed by atoms with Crippen LogP contribution in [0.5, 0.6) is 5.75 Å². The number of aryl methyl sites for hydroxylation is 1. The van der Waals surface area contributed by atoms with Crippen molar-refractivity contribution in [3.63, 3.8) is 0 Å². The van der Waals surface area contributed by atoms with Crippen molar-refractivity contribution in [1.29, 1.82) is 0 Å². The largest absolute Gasteiger partial charge is 0.486 e. The van der Waals surface area contributed by atoms with Gasteiger partial charge in [-0.15, -0.1) is 0 Å². The summed E-state index contributed by atoms with van der Waals surface area (Å²) in [7, 11) is 0. The highest BCUT2D eigenvalue weighted by Crippen LogP contribution is 2.14. The van der Waals surface area contributed by atoms with Crippen LogP contribution in [-0.4, -0.2) is 19.8 Å². The second-order valence-corrected chi connectivity index (χ2v) is 4.52. The van der Waals surface area contributed by atoms with Gasteiger partial charge in [-0.3, -0.25) is 0 Å². The normalized spacial score (nSPS) is 10.4. The van der Waals surface area contributed by atoms with Crippen LogP contribution in [0.25, 0.3) is 0 Å². The fraction of sp³-hybridized carbons (Fsp3) is 0.308. The van der Waals surface area contributed by atoms with Crippen LogP contribution in [0.1, 0.15) is 24.7 Å². The van der Waals surface area contributed by atoms with E-state index in [-0.39, 0.29) is 0 Å². The van der Waals surface area contributed by atoms with Crippen LogP contribution in [0.3, 0.4) is 0 Å². The maximum absolute atomic E-state index is 5.69. The van der Waals surface area contributed by atoms with Crippen LogP contribution < -0.4 is 10.5 Å². The van der Waals surface area contributed by atoms with Gasteiger partial charge in [-0.1, -0.05) is 31.3 Å². The molecule has 2 aromatic rings. The number of ether oxygens (including phenoxy) is 1. The van der Waals surface area contributed by atoms with Crippen LogP contribution in [-0.2, 0) is 13.2 Å². The van der Waals surface area contributed by atoms with Gasteiger partial charge in [-0.25, -0.2) is 9.67 Å². The Kier molecular flexibility index (Phi) is 4.46. The zero-order valence-corrected chi connectivity index (χ0v) is 11.6. The van der Waals surface area contributed by atoms with Crippen molar-refractivity contribution in [3.8, 4) is 5.75 Å². The number of thiocarbonyl (C=S) groups is 1. The summed E-state index contributed by atoms with van der Waals surface area (Å²) in [6.45, 7) is 3.31. The average molecular weight is 276 g/mol. The van der Waals surface area contributed by atoms with Crippen molar-refractivity contribution in [2.75, 3.05) is 0 Å². The number of nitrogens with zero attached hydrogens (tertiary/aromatic N) is 3. The summed E-state index contributed by atoms with van der Waals surface area (Å²) in [6, 6.07) is 7.40. The fourth-order valence-electron chi connectivity index (χ4n) is 1.69. The molecule has 1 aromatic carbocycles. The lowest BCUT2D eigenvalue weighted by Crippen LogP contribution is -2.10. The highest BCUT2D eigenvalue weighted by atomic mass is 32.1. The van der Waals surface area contributed by atoms with Crippen molar-refractivity contribution in [2.45, 2.75) is 26.5 Å². The summed E-state index contributed by atoms with van der Waals surface area (Å²) in [6.07, 6.45) is 2.55. The van der Waals surface area contributed by atoms with Crippen molar-refractivity contribution in [2.24, 2.45) is 5.73 Å². The number of aromatic nitrogens is 3. The monoisotopic (exact) mass is 276 g/mol. The Labute approximate surface area is 117 Å². The minimum Gasteiger partial charge on any atom is -0.486 e. The molecular weight excluding hydrogens is 260 g/mol. The first-order valence-corrected chi connectivity index (χ1v) is 6.51. The summed E-state index contributed by atoms with van der Waals surface area (Å²) in [4.78, 5) is 4.54. The molecule has 0 unspecified atom stereocenters. The van der Waals surface area contributed by atoms with Gasteiger partial charge in [-0.2, -0.15) is 5.10 Å². The van der Waals surface area contributed by atoms with Gasteiger partial charge >= 0.3 is 0 Å². The molecule has 0 bridgehead atoms. The molecule has 0 amide bonds. The molecule has 2 N–H and O–H groups in total. The van der Waals surface area contributed by atoms with Gasteiger partial charge < -0.3 is 10.5 Å². The van der Waals surface area contributed by atoms with E-state index in [9.17, 15) is 0 Å². The molecule has 6 heteroatoms. The molecule has 1 heterocycles. The number of benzene rings is 1. The molecule has 0 saturated carbocycles. The smallest absolute Gasteiger partial charge is 0.164 e. The lowest BCUT2D eigenvalue weighted by molar-refractivity contribution is 0.286. The Morgan fingerprint density at radius 3 is 3.05 bits per heavy atom. The van der Waals surface area contributed by atoms with E-state index in [1.54, 1.807) is 6.33 Å². The first-order valence-electron chi connectivity index (χ1n) is 6.10. The van der Waals surface area contributed by atoms with Crippen molar-refractivity contribution >= 4 is 17.2 Å². The Bertz CT molecular complexity index is 567. The van der Waals surface area contributed by atoms with E-state index in [1.807, 2.05) is 28.9 Å². The lowest BCUT2D eigenvalue weighted by atomic mass is 10.2. The predicted molar refractivity (Wildman–Crippen MR) is 77.0 cm³/mol. The van der Waals surface area contributed by atoms with Gasteiger partial charge in [0.2, 0.25) is 0 Å². The standard InChI is InChI=1S/C13H16N4OS/c1-2-6-17-12(15-9-16-17)8-18-11-5-3-4-10(7-11)13(14)19/h3-5,7,9H,2,6,8H2,1H3,(H2,14,19). The third-order valence-electron chi connectivity index (χ3n) is 2.62. The molecular formula is C13H16N4OS. The highest BCUT2D eigenvalue weighted by Gasteiger charge is 2.05. The van der Waals surface area contributed by atoms with Gasteiger partial charge in [0.1, 0.15) is 23.7 Å². The summed E-state index contributed by atoms with van der Waals surface area (Å²) in [5.74, 6) is 1.53. The maximum atomic E-state index is 5.69. The van der Waals surface area contributed by atoms with Crippen LogP contribution in [0.2, 0.25) is 0 Å². The SMILES string of the molecule is CCCn1ncnc1COc1cccc(C(N)=S)c1. The van der Waals surface area contributed by atoms with E-state index < -0.39 is 0 Å². The van der Waals surface area contributed by atoms with E-state index in [4.69, 9.17) is 22.7 Å². The number of hydrogen-bond acceptors (Lipinski definition) is 4. The van der Waals surface area contributed by atoms with E-state index >= 15 is 0 Å². The van der Waals surface area contributed by atoms with Gasteiger partial charge in [0.05, 0.1) is 0 Å². The molecule has 0 fully saturated rings. The fourth-order valence-corrected chi connectivity index (χ4v) is 1.81. The topological polar surface area (TPSA) is 66.0 Å². The molecule has 0 aliphatic rings. The first-order chi connectivity index (χ1) is 9.20. The number of hydrogen-bond donors (Lipinski definition) is 1. The zero-order chi connectivity index (χ0) is 13.7. The minimum absolute atomic E-state index is 0.361. The molecule has 5 nitrogen and oxygen atoms in total. The van der Waals surface area contributed by atoms with Crippen molar-refractivity contribution in [3.05, 3.63) is 42.0 Å². The van der Waals surface area contributed by atoms with Gasteiger partial charge in [-0.05, 0) is 18.6 Å². The highest BCUT2D eigenvalue weighted by molar-refractivity contribution is 7.80. The van der Waals surface area contributed by atoms with E-state index in [2.05, 4.69) is 17.0 Å². The second kappa shape index (κ2) is 6.29. The minimum atomic E-state index is 0.361. The summed E-state index contributed by atoms with van der Waals surface area (Å²) < 4.78 is 7.53. The quantitative estimate of drug-likeness (QED) is 0.816. The molecule has 19 heavy (non-hydrogen) atoms. The van der Waals surface area contributed by atoms with Crippen LogP contribution in [0.4, 0.5) is 0 Å². The average Bonchev–Trinajstić information content (AvgIpc) is 2.85. The summed E-state index contributed by atoms with van der Waals surface area (Å²) >= 11 is 4.94. The number of rotatable bonds is 6. The van der Waals surface area contributed by atoms with Crippen LogP contribution in [0, 0.1) is 0 Å². The van der Waals surface area contributed by atoms with E-state index in [0.29, 0.717) is 11.6 Å². The molecule has 100 valence electrons. The van der Waals surface area contributed by atoms with E-state index in [0.717, 1.165) is 30.1 Å². The predicted octanol–water partition coefficient (Wildman–Crippen LogP) is 1.90. The molecule has 0 radical (unpaired) electrons. The van der Waals surface area contributed by atoms with Gasteiger partial charge in [0.15, 0.2) is 5.82 Å². The third kappa shape index (κ3) is 3.51. The molecule has 1 aromatic heterocycles. The Morgan fingerprint density at radius 2 is 2.32 bits per heavy atom. The van der Waals surface area contributed by atoms with E-state index in [1.165, 1.54) is 0 Å². The lowest BCUT2D eigenvalue weighted by Gasteiger charge is -2.08. The second-order valence-electron chi connectivity index (χ2n) is 4.08. The first kappa shape index (κ1) is 13.5. The summed E-state index contributed by atoms with van der Waals surface area (Å²) in [5.41, 5.74) is 6.38. The number of nitrogens with two attached hydrogens (primary N) is 1. The maximum Gasteiger partial charge on any atom is 0.164 e. The zero-order valence-electron chi connectivity index (χ0n) is 10.7.